The molecule has 0 saturated carbocycles. The van der Waals surface area contributed by atoms with Crippen molar-refractivity contribution in [1.29, 1.82) is 0 Å². The number of amides is 1. The molecule has 0 saturated heterocycles. The zero-order valence-corrected chi connectivity index (χ0v) is 11.7. The number of hydrogen-bond acceptors (Lipinski definition) is 3. The number of likely N-dealkylation sites (N-methyl/N-ethyl adjacent to an activating group) is 1. The fraction of sp³-hybridized carbons (Fsp3) is 0.500. The molecule has 1 atom stereocenters. The Morgan fingerprint density at radius 1 is 1.53 bits per heavy atom. The van der Waals surface area contributed by atoms with E-state index in [-0.39, 0.29) is 11.6 Å². The number of nitrogen functional groups attached to an aromatic ring is 1. The summed E-state index contributed by atoms with van der Waals surface area (Å²) in [7, 11) is 2.02. The first-order valence-corrected chi connectivity index (χ1v) is 6.49. The molecule has 0 heterocycles. The third-order valence-electron chi connectivity index (χ3n) is 3.35. The van der Waals surface area contributed by atoms with Crippen molar-refractivity contribution in [1.82, 2.24) is 10.2 Å². The van der Waals surface area contributed by atoms with Crippen LogP contribution in [0, 0.1) is 5.82 Å². The van der Waals surface area contributed by atoms with Crippen molar-refractivity contribution >= 4 is 11.6 Å². The molecule has 19 heavy (non-hydrogen) atoms. The molecule has 1 rings (SSSR count). The number of anilines is 1. The summed E-state index contributed by atoms with van der Waals surface area (Å²) < 4.78 is 13.0. The van der Waals surface area contributed by atoms with Gasteiger partial charge in [0.25, 0.3) is 5.91 Å². The standard InChI is InChI=1S/C14H22FN3O/c1-4-10(2)18(3)8-7-17-14(19)11-5-6-12(15)13(16)9-11/h5-6,9-10H,4,7-8,16H2,1-3H3,(H,17,19). The minimum atomic E-state index is -0.506. The minimum Gasteiger partial charge on any atom is -0.396 e. The van der Waals surface area contributed by atoms with Crippen LogP contribution in [-0.2, 0) is 0 Å². The van der Waals surface area contributed by atoms with E-state index in [1.165, 1.54) is 18.2 Å². The molecule has 1 amide bonds. The quantitative estimate of drug-likeness (QED) is 0.774. The Hall–Kier alpha value is -1.62. The maximum absolute atomic E-state index is 13.0. The highest BCUT2D eigenvalue weighted by atomic mass is 19.1. The molecule has 0 aromatic heterocycles. The van der Waals surface area contributed by atoms with Gasteiger partial charge in [-0.05, 0) is 38.6 Å². The predicted octanol–water partition coefficient (Wildman–Crippen LogP) is 1.87. The van der Waals surface area contributed by atoms with Crippen LogP contribution in [0.5, 0.6) is 0 Å². The van der Waals surface area contributed by atoms with E-state index >= 15 is 0 Å². The first-order valence-electron chi connectivity index (χ1n) is 6.49. The molecule has 0 aliphatic carbocycles. The van der Waals surface area contributed by atoms with Gasteiger partial charge in [0, 0.05) is 24.7 Å². The number of nitrogens with two attached hydrogens (primary N) is 1. The Kier molecular flexibility index (Phi) is 5.76. The molecular formula is C14H22FN3O. The molecule has 0 bridgehead atoms. The van der Waals surface area contributed by atoms with Gasteiger partial charge in [-0.3, -0.25) is 4.79 Å². The summed E-state index contributed by atoms with van der Waals surface area (Å²) in [5.41, 5.74) is 5.80. The van der Waals surface area contributed by atoms with E-state index in [0.29, 0.717) is 18.2 Å². The molecule has 106 valence electrons. The zero-order chi connectivity index (χ0) is 14.4. The van der Waals surface area contributed by atoms with E-state index in [1.807, 2.05) is 7.05 Å². The molecule has 0 radical (unpaired) electrons. The molecule has 0 aliphatic rings. The lowest BCUT2D eigenvalue weighted by Gasteiger charge is -2.23. The molecule has 3 N–H and O–H groups in total. The number of nitrogens with one attached hydrogen (secondary N) is 1. The van der Waals surface area contributed by atoms with Gasteiger partial charge in [-0.2, -0.15) is 0 Å². The fourth-order valence-electron chi connectivity index (χ4n) is 1.66. The van der Waals surface area contributed by atoms with Gasteiger partial charge < -0.3 is 16.0 Å². The highest BCUT2D eigenvalue weighted by Crippen LogP contribution is 2.11. The van der Waals surface area contributed by atoms with Crippen molar-refractivity contribution < 1.29 is 9.18 Å². The number of hydrogen-bond donors (Lipinski definition) is 2. The predicted molar refractivity (Wildman–Crippen MR) is 75.5 cm³/mol. The van der Waals surface area contributed by atoms with Gasteiger partial charge >= 0.3 is 0 Å². The topological polar surface area (TPSA) is 58.4 Å². The summed E-state index contributed by atoms with van der Waals surface area (Å²) in [6.07, 6.45) is 1.07. The number of rotatable bonds is 6. The van der Waals surface area contributed by atoms with Gasteiger partial charge in [-0.25, -0.2) is 4.39 Å². The van der Waals surface area contributed by atoms with E-state index < -0.39 is 5.82 Å². The molecule has 0 fully saturated rings. The molecule has 1 unspecified atom stereocenters. The highest BCUT2D eigenvalue weighted by Gasteiger charge is 2.09. The SMILES string of the molecule is CCC(C)N(C)CCNC(=O)c1ccc(F)c(N)c1. The Morgan fingerprint density at radius 3 is 2.79 bits per heavy atom. The van der Waals surface area contributed by atoms with E-state index in [1.54, 1.807) is 0 Å². The molecular weight excluding hydrogens is 245 g/mol. The van der Waals surface area contributed by atoms with Crippen LogP contribution in [0.1, 0.15) is 30.6 Å². The van der Waals surface area contributed by atoms with Gasteiger partial charge in [-0.15, -0.1) is 0 Å². The van der Waals surface area contributed by atoms with Crippen molar-refractivity contribution in [2.24, 2.45) is 0 Å². The second-order valence-corrected chi connectivity index (χ2v) is 4.73. The van der Waals surface area contributed by atoms with E-state index in [4.69, 9.17) is 5.73 Å². The number of halogens is 1. The monoisotopic (exact) mass is 267 g/mol. The average Bonchev–Trinajstić information content (AvgIpc) is 2.40. The fourth-order valence-corrected chi connectivity index (χ4v) is 1.66. The van der Waals surface area contributed by atoms with Crippen LogP contribution in [0.4, 0.5) is 10.1 Å². The van der Waals surface area contributed by atoms with E-state index in [9.17, 15) is 9.18 Å². The van der Waals surface area contributed by atoms with Crippen molar-refractivity contribution in [2.45, 2.75) is 26.3 Å². The van der Waals surface area contributed by atoms with Crippen molar-refractivity contribution in [3.05, 3.63) is 29.6 Å². The van der Waals surface area contributed by atoms with Crippen molar-refractivity contribution in [2.75, 3.05) is 25.9 Å². The largest absolute Gasteiger partial charge is 0.396 e. The van der Waals surface area contributed by atoms with Crippen molar-refractivity contribution in [3.63, 3.8) is 0 Å². The summed E-state index contributed by atoms with van der Waals surface area (Å²) in [6, 6.07) is 4.47. The van der Waals surface area contributed by atoms with Crippen LogP contribution in [0.2, 0.25) is 0 Å². The number of carbonyl (C=O) groups is 1. The first kappa shape index (κ1) is 15.4. The Bertz CT molecular complexity index is 437. The van der Waals surface area contributed by atoms with E-state index in [0.717, 1.165) is 13.0 Å². The van der Waals surface area contributed by atoms with Gasteiger partial charge in [0.1, 0.15) is 5.82 Å². The first-order chi connectivity index (χ1) is 8.95. The van der Waals surface area contributed by atoms with Gasteiger partial charge in [0.15, 0.2) is 0 Å². The lowest BCUT2D eigenvalue weighted by atomic mass is 10.2. The zero-order valence-electron chi connectivity index (χ0n) is 11.7. The van der Waals surface area contributed by atoms with Gasteiger partial charge in [0.2, 0.25) is 0 Å². The lowest BCUT2D eigenvalue weighted by molar-refractivity contribution is 0.0947. The number of carbonyl (C=O) groups excluding carboxylic acids is 1. The summed E-state index contributed by atoms with van der Waals surface area (Å²) in [4.78, 5) is 14.0. The minimum absolute atomic E-state index is 0.00984. The maximum atomic E-state index is 13.0. The average molecular weight is 267 g/mol. The smallest absolute Gasteiger partial charge is 0.251 e. The third-order valence-corrected chi connectivity index (χ3v) is 3.35. The summed E-state index contributed by atoms with van der Waals surface area (Å²) >= 11 is 0. The van der Waals surface area contributed by atoms with Crippen LogP contribution < -0.4 is 11.1 Å². The molecule has 1 aromatic carbocycles. The lowest BCUT2D eigenvalue weighted by Crippen LogP contribution is -2.37. The second kappa shape index (κ2) is 7.09. The normalized spacial score (nSPS) is 12.5. The molecule has 0 spiro atoms. The molecule has 0 aliphatic heterocycles. The van der Waals surface area contributed by atoms with Gasteiger partial charge in [0.05, 0.1) is 5.69 Å². The van der Waals surface area contributed by atoms with Crippen LogP contribution >= 0.6 is 0 Å². The second-order valence-electron chi connectivity index (χ2n) is 4.73. The van der Waals surface area contributed by atoms with Crippen LogP contribution in [-0.4, -0.2) is 37.0 Å². The van der Waals surface area contributed by atoms with Gasteiger partial charge in [-0.1, -0.05) is 6.92 Å². The van der Waals surface area contributed by atoms with E-state index in [2.05, 4.69) is 24.1 Å². The Labute approximate surface area is 113 Å². The summed E-state index contributed by atoms with van der Waals surface area (Å²) in [6.45, 7) is 5.60. The van der Waals surface area contributed by atoms with Crippen LogP contribution in [0.25, 0.3) is 0 Å². The maximum Gasteiger partial charge on any atom is 0.251 e. The molecule has 4 nitrogen and oxygen atoms in total. The third kappa shape index (κ3) is 4.52. The summed E-state index contributed by atoms with van der Waals surface area (Å²) in [5, 5.41) is 2.80. The Morgan fingerprint density at radius 2 is 2.21 bits per heavy atom. The van der Waals surface area contributed by atoms with Crippen LogP contribution in [0.15, 0.2) is 18.2 Å². The highest BCUT2D eigenvalue weighted by molar-refractivity contribution is 5.95. The molecule has 5 heteroatoms. The number of nitrogens with zero attached hydrogens (tertiary/aromatic N) is 1. The Balaban J connectivity index is 2.45. The summed E-state index contributed by atoms with van der Waals surface area (Å²) in [5.74, 6) is -0.739. The van der Waals surface area contributed by atoms with Crippen molar-refractivity contribution in [3.8, 4) is 0 Å². The molecule has 1 aromatic rings. The number of benzene rings is 1. The van der Waals surface area contributed by atoms with Crippen LogP contribution in [0.3, 0.4) is 0 Å².